The molecule has 0 fully saturated rings. The number of carboxylic acids is 1. The van der Waals surface area contributed by atoms with Crippen LogP contribution in [0.3, 0.4) is 0 Å². The Kier molecular flexibility index (Phi) is 8.62. The molecule has 0 saturated carbocycles. The number of carbonyl (C=O) groups is 3. The first-order chi connectivity index (χ1) is 13.5. The van der Waals surface area contributed by atoms with Gasteiger partial charge in [-0.2, -0.15) is 0 Å². The summed E-state index contributed by atoms with van der Waals surface area (Å²) in [5.74, 6) is -2.67. The van der Waals surface area contributed by atoms with Crippen LogP contribution in [0.1, 0.15) is 92.4 Å². The molecule has 1 aliphatic rings. The minimum absolute atomic E-state index is 0.138. The van der Waals surface area contributed by atoms with Crippen LogP contribution in [-0.2, 0) is 4.79 Å². The van der Waals surface area contributed by atoms with Gasteiger partial charge in [0.1, 0.15) is 0 Å². The Morgan fingerprint density at radius 2 is 1.54 bits per heavy atom. The fourth-order valence-corrected chi connectivity index (χ4v) is 4.13. The zero-order valence-corrected chi connectivity index (χ0v) is 17.1. The number of carbonyl (C=O) groups excluding carboxylic acids is 2. The van der Waals surface area contributed by atoms with Crippen LogP contribution < -0.4 is 0 Å². The highest BCUT2D eigenvalue weighted by atomic mass is 16.4. The average molecular weight is 385 g/mol. The van der Waals surface area contributed by atoms with Crippen LogP contribution in [-0.4, -0.2) is 22.6 Å². The van der Waals surface area contributed by atoms with Crippen molar-refractivity contribution in [2.45, 2.75) is 71.6 Å². The standard InChI is InChI=1S/C24H32O4/c1-3-5-6-7-8-9-10-13-17(4-2)22(24(27)28)20-16-21(25)18-14-11-12-15-19(18)23(20)26/h11-12,14-17,22H,3-10,13H2,1-2H3,(H,27,28). The second kappa shape index (κ2) is 10.9. The topological polar surface area (TPSA) is 71.4 Å². The molecular formula is C24H32O4. The van der Waals surface area contributed by atoms with Crippen LogP contribution in [0.5, 0.6) is 0 Å². The quantitative estimate of drug-likeness (QED) is 0.458. The maximum atomic E-state index is 12.9. The van der Waals surface area contributed by atoms with Gasteiger partial charge in [0.15, 0.2) is 11.6 Å². The summed E-state index contributed by atoms with van der Waals surface area (Å²) in [5.41, 5.74) is 0.827. The number of hydrogen-bond donors (Lipinski definition) is 1. The molecule has 1 N–H and O–H groups in total. The highest BCUT2D eigenvalue weighted by Crippen LogP contribution is 2.34. The van der Waals surface area contributed by atoms with E-state index >= 15 is 0 Å². The lowest BCUT2D eigenvalue weighted by Crippen LogP contribution is -2.32. The first-order valence-electron chi connectivity index (χ1n) is 10.6. The number of ketones is 2. The summed E-state index contributed by atoms with van der Waals surface area (Å²) in [7, 11) is 0. The molecule has 28 heavy (non-hydrogen) atoms. The first kappa shape index (κ1) is 22.1. The maximum Gasteiger partial charge on any atom is 0.311 e. The predicted octanol–water partition coefficient (Wildman–Crippen LogP) is 5.86. The van der Waals surface area contributed by atoms with E-state index in [4.69, 9.17) is 0 Å². The molecule has 152 valence electrons. The van der Waals surface area contributed by atoms with Crippen LogP contribution >= 0.6 is 0 Å². The summed E-state index contributed by atoms with van der Waals surface area (Å²) in [6, 6.07) is 6.65. The third kappa shape index (κ3) is 5.40. The number of aliphatic carboxylic acids is 1. The van der Waals surface area contributed by atoms with Crippen LogP contribution in [0, 0.1) is 11.8 Å². The van der Waals surface area contributed by atoms with Crippen molar-refractivity contribution in [3.8, 4) is 0 Å². The molecule has 0 radical (unpaired) electrons. The fourth-order valence-electron chi connectivity index (χ4n) is 4.13. The molecule has 4 heteroatoms. The molecule has 1 aliphatic carbocycles. The van der Waals surface area contributed by atoms with Gasteiger partial charge in [-0.1, -0.05) is 89.5 Å². The molecule has 0 spiro atoms. The largest absolute Gasteiger partial charge is 0.481 e. The van der Waals surface area contributed by atoms with Crippen molar-refractivity contribution in [1.29, 1.82) is 0 Å². The fraction of sp³-hybridized carbons (Fsp3) is 0.542. The predicted molar refractivity (Wildman–Crippen MR) is 111 cm³/mol. The number of unbranched alkanes of at least 4 members (excludes halogenated alkanes) is 6. The Hall–Kier alpha value is -2.23. The van der Waals surface area contributed by atoms with E-state index in [1.807, 2.05) is 6.92 Å². The number of allylic oxidation sites excluding steroid dienone is 1. The molecule has 1 aromatic rings. The third-order valence-electron chi connectivity index (χ3n) is 5.76. The molecule has 2 rings (SSSR count). The summed E-state index contributed by atoms with van der Waals surface area (Å²) in [4.78, 5) is 37.4. The highest BCUT2D eigenvalue weighted by Gasteiger charge is 2.37. The van der Waals surface area contributed by atoms with Crippen LogP contribution in [0.2, 0.25) is 0 Å². The van der Waals surface area contributed by atoms with E-state index in [1.54, 1.807) is 24.3 Å². The Morgan fingerprint density at radius 1 is 0.929 bits per heavy atom. The smallest absolute Gasteiger partial charge is 0.311 e. The molecule has 2 atom stereocenters. The van der Waals surface area contributed by atoms with Crippen molar-refractivity contribution >= 4 is 17.5 Å². The zero-order chi connectivity index (χ0) is 20.5. The Labute approximate surface area is 168 Å². The molecule has 4 nitrogen and oxygen atoms in total. The van der Waals surface area contributed by atoms with Gasteiger partial charge >= 0.3 is 5.97 Å². The van der Waals surface area contributed by atoms with Crippen molar-refractivity contribution < 1.29 is 19.5 Å². The molecular weight excluding hydrogens is 352 g/mol. The van der Waals surface area contributed by atoms with Gasteiger partial charge in [-0.25, -0.2) is 0 Å². The number of rotatable bonds is 12. The molecule has 0 aliphatic heterocycles. The number of fused-ring (bicyclic) bond motifs is 1. The minimum Gasteiger partial charge on any atom is -0.481 e. The van der Waals surface area contributed by atoms with Crippen molar-refractivity contribution in [2.75, 3.05) is 0 Å². The molecule has 0 saturated heterocycles. The molecule has 0 heterocycles. The van der Waals surface area contributed by atoms with Crippen LogP contribution in [0.4, 0.5) is 0 Å². The number of Topliss-reactive ketones (excluding diaryl/α,β-unsaturated/α-hetero) is 1. The van der Waals surface area contributed by atoms with Gasteiger partial charge in [0, 0.05) is 16.7 Å². The van der Waals surface area contributed by atoms with E-state index in [-0.39, 0.29) is 23.1 Å². The first-order valence-corrected chi connectivity index (χ1v) is 10.6. The molecule has 1 aromatic carbocycles. The van der Waals surface area contributed by atoms with Crippen LogP contribution in [0.25, 0.3) is 0 Å². The van der Waals surface area contributed by atoms with Gasteiger partial charge in [0.05, 0.1) is 5.92 Å². The van der Waals surface area contributed by atoms with E-state index in [0.717, 1.165) is 19.3 Å². The number of benzene rings is 1. The van der Waals surface area contributed by atoms with Gasteiger partial charge < -0.3 is 5.11 Å². The highest BCUT2D eigenvalue weighted by molar-refractivity contribution is 6.25. The normalized spacial score (nSPS) is 15.7. The third-order valence-corrected chi connectivity index (χ3v) is 5.76. The lowest BCUT2D eigenvalue weighted by molar-refractivity contribution is -0.142. The van der Waals surface area contributed by atoms with Gasteiger partial charge in [0.25, 0.3) is 0 Å². The Morgan fingerprint density at radius 3 is 2.14 bits per heavy atom. The molecule has 0 aromatic heterocycles. The lowest BCUT2D eigenvalue weighted by Gasteiger charge is -2.26. The zero-order valence-electron chi connectivity index (χ0n) is 17.1. The molecule has 0 bridgehead atoms. The second-order valence-electron chi connectivity index (χ2n) is 7.73. The van der Waals surface area contributed by atoms with E-state index < -0.39 is 11.9 Å². The van der Waals surface area contributed by atoms with Gasteiger partial charge in [-0.3, -0.25) is 14.4 Å². The van der Waals surface area contributed by atoms with E-state index in [9.17, 15) is 19.5 Å². The summed E-state index contributed by atoms with van der Waals surface area (Å²) in [6.45, 7) is 4.16. The van der Waals surface area contributed by atoms with Gasteiger partial charge in [-0.05, 0) is 18.4 Å². The Balaban J connectivity index is 2.08. The van der Waals surface area contributed by atoms with Crippen molar-refractivity contribution in [3.63, 3.8) is 0 Å². The number of hydrogen-bond acceptors (Lipinski definition) is 3. The average Bonchev–Trinajstić information content (AvgIpc) is 2.69. The van der Waals surface area contributed by atoms with Gasteiger partial charge in [0.2, 0.25) is 0 Å². The van der Waals surface area contributed by atoms with E-state index in [0.29, 0.717) is 17.5 Å². The monoisotopic (exact) mass is 384 g/mol. The van der Waals surface area contributed by atoms with Crippen molar-refractivity contribution in [3.05, 3.63) is 47.0 Å². The summed E-state index contributed by atoms with van der Waals surface area (Å²) >= 11 is 0. The lowest BCUT2D eigenvalue weighted by atomic mass is 9.75. The van der Waals surface area contributed by atoms with Gasteiger partial charge in [-0.15, -0.1) is 0 Å². The summed E-state index contributed by atoms with van der Waals surface area (Å²) in [5, 5.41) is 9.87. The Bertz CT molecular complexity index is 732. The SMILES string of the molecule is CCCCCCCCCC(CC)C(C(=O)O)C1=CC(=O)c2ccccc2C1=O. The van der Waals surface area contributed by atoms with E-state index in [2.05, 4.69) is 6.92 Å². The minimum atomic E-state index is -1.01. The second-order valence-corrected chi connectivity index (χ2v) is 7.73. The van der Waals surface area contributed by atoms with Crippen molar-refractivity contribution in [1.82, 2.24) is 0 Å². The number of carboxylic acid groups (broad SMARTS) is 1. The van der Waals surface area contributed by atoms with E-state index in [1.165, 1.54) is 38.2 Å². The van der Waals surface area contributed by atoms with Crippen molar-refractivity contribution in [2.24, 2.45) is 11.8 Å². The maximum absolute atomic E-state index is 12.9. The van der Waals surface area contributed by atoms with Crippen LogP contribution in [0.15, 0.2) is 35.9 Å². The summed E-state index contributed by atoms with van der Waals surface area (Å²) in [6.07, 6.45) is 10.9. The summed E-state index contributed by atoms with van der Waals surface area (Å²) < 4.78 is 0. The molecule has 0 amide bonds. The molecule has 2 unspecified atom stereocenters.